The van der Waals surface area contributed by atoms with Crippen molar-refractivity contribution in [2.75, 3.05) is 11.9 Å². The van der Waals surface area contributed by atoms with Gasteiger partial charge in [-0.2, -0.15) is 13.2 Å². The summed E-state index contributed by atoms with van der Waals surface area (Å²) in [6, 6.07) is 9.52. The Morgan fingerprint density at radius 2 is 1.81 bits per heavy atom. The first kappa shape index (κ1) is 23.1. The van der Waals surface area contributed by atoms with Crippen molar-refractivity contribution in [1.29, 1.82) is 0 Å². The average Bonchev–Trinajstić information content (AvgIpc) is 3.14. The number of thiazole rings is 1. The third kappa shape index (κ3) is 6.19. The number of nitrogens with zero attached hydrogens (tertiary/aromatic N) is 1. The molecular weight excluding hydrogens is 474 g/mol. The van der Waals surface area contributed by atoms with Crippen LogP contribution in [0.25, 0.3) is 0 Å². The van der Waals surface area contributed by atoms with Crippen LogP contribution in [-0.2, 0) is 17.4 Å². The fraction of sp³-hybridized carbons (Fsp3) is 0.150. The Morgan fingerprint density at radius 1 is 1.06 bits per heavy atom. The molecule has 0 aliphatic heterocycles. The lowest BCUT2D eigenvalue weighted by molar-refractivity contribution is -0.137. The van der Waals surface area contributed by atoms with E-state index in [0.717, 1.165) is 23.5 Å². The van der Waals surface area contributed by atoms with Crippen molar-refractivity contribution >= 4 is 51.5 Å². The van der Waals surface area contributed by atoms with Gasteiger partial charge in [-0.25, -0.2) is 4.98 Å². The number of carbonyl (C=O) groups is 2. The van der Waals surface area contributed by atoms with E-state index in [9.17, 15) is 22.8 Å². The van der Waals surface area contributed by atoms with E-state index in [1.54, 1.807) is 18.2 Å². The van der Waals surface area contributed by atoms with Crippen molar-refractivity contribution in [3.8, 4) is 0 Å². The molecule has 0 radical (unpaired) electrons. The van der Waals surface area contributed by atoms with Crippen LogP contribution in [0.3, 0.4) is 0 Å². The molecule has 1 heterocycles. The topological polar surface area (TPSA) is 71.1 Å². The molecule has 2 N–H and O–H groups in total. The first-order valence-corrected chi connectivity index (χ1v) is 10.3. The smallest absolute Gasteiger partial charge is 0.343 e. The highest BCUT2D eigenvalue weighted by molar-refractivity contribution is 7.15. The van der Waals surface area contributed by atoms with Crippen molar-refractivity contribution in [2.45, 2.75) is 12.6 Å². The number of anilines is 1. The third-order valence-electron chi connectivity index (χ3n) is 4.07. The molecule has 1 aromatic heterocycles. The number of hydrogen-bond donors (Lipinski definition) is 2. The van der Waals surface area contributed by atoms with Crippen LogP contribution in [0.1, 0.15) is 26.4 Å². The van der Waals surface area contributed by atoms with Gasteiger partial charge in [-0.1, -0.05) is 35.3 Å². The first-order valence-electron chi connectivity index (χ1n) is 8.76. The van der Waals surface area contributed by atoms with Crippen LogP contribution < -0.4 is 10.6 Å². The van der Waals surface area contributed by atoms with E-state index in [-0.39, 0.29) is 33.7 Å². The summed E-state index contributed by atoms with van der Waals surface area (Å²) in [4.78, 5) is 28.8. The molecule has 0 fully saturated rings. The summed E-state index contributed by atoms with van der Waals surface area (Å²) in [6.45, 7) is -0.307. The number of alkyl halides is 3. The number of benzene rings is 2. The second kappa shape index (κ2) is 9.67. The summed E-state index contributed by atoms with van der Waals surface area (Å²) in [5, 5.41) is 5.69. The molecule has 0 saturated heterocycles. The molecule has 2 aromatic carbocycles. The van der Waals surface area contributed by atoms with Crippen molar-refractivity contribution in [3.05, 3.63) is 80.3 Å². The standard InChI is InChI=1S/C20H14Cl2F3N3O2S/c21-15-6-5-12(20(23,24)25)7-11(15)8-13-9-27-19(31-13)28-17(29)10-26-18(30)14-3-1-2-4-16(14)22/h1-7,9H,8,10H2,(H,26,30)(H,27,28,29). The van der Waals surface area contributed by atoms with Crippen LogP contribution >= 0.6 is 34.5 Å². The summed E-state index contributed by atoms with van der Waals surface area (Å²) >= 11 is 13.0. The monoisotopic (exact) mass is 487 g/mol. The van der Waals surface area contributed by atoms with Gasteiger partial charge in [-0.15, -0.1) is 11.3 Å². The SMILES string of the molecule is O=C(CNC(=O)c1ccccc1Cl)Nc1ncc(Cc2cc(C(F)(F)F)ccc2Cl)s1. The summed E-state index contributed by atoms with van der Waals surface area (Å²) in [7, 11) is 0. The highest BCUT2D eigenvalue weighted by Crippen LogP contribution is 2.33. The van der Waals surface area contributed by atoms with Crippen molar-refractivity contribution < 1.29 is 22.8 Å². The molecule has 2 amide bonds. The lowest BCUT2D eigenvalue weighted by atomic mass is 10.1. The molecule has 0 bridgehead atoms. The molecule has 31 heavy (non-hydrogen) atoms. The number of amides is 2. The second-order valence-corrected chi connectivity index (χ2v) is 8.25. The molecule has 0 spiro atoms. The molecule has 0 aliphatic carbocycles. The van der Waals surface area contributed by atoms with E-state index < -0.39 is 23.6 Å². The lowest BCUT2D eigenvalue weighted by Crippen LogP contribution is -2.32. The maximum absolute atomic E-state index is 12.9. The van der Waals surface area contributed by atoms with Crippen molar-refractivity contribution in [2.24, 2.45) is 0 Å². The first-order chi connectivity index (χ1) is 14.6. The van der Waals surface area contributed by atoms with Crippen LogP contribution in [0, 0.1) is 0 Å². The molecule has 0 unspecified atom stereocenters. The minimum absolute atomic E-state index is 0.125. The zero-order valence-corrected chi connectivity index (χ0v) is 17.9. The van der Waals surface area contributed by atoms with Gasteiger partial charge in [0.25, 0.3) is 5.91 Å². The normalized spacial score (nSPS) is 11.3. The maximum Gasteiger partial charge on any atom is 0.416 e. The molecule has 162 valence electrons. The fourth-order valence-electron chi connectivity index (χ4n) is 2.59. The van der Waals surface area contributed by atoms with Crippen molar-refractivity contribution in [1.82, 2.24) is 10.3 Å². The zero-order chi connectivity index (χ0) is 22.6. The fourth-order valence-corrected chi connectivity index (χ4v) is 3.84. The molecule has 11 heteroatoms. The number of rotatable bonds is 6. The molecule has 3 aromatic rings. The Balaban J connectivity index is 1.58. The summed E-state index contributed by atoms with van der Waals surface area (Å²) in [5.41, 5.74) is -0.254. The molecule has 0 saturated carbocycles. The summed E-state index contributed by atoms with van der Waals surface area (Å²) in [6.07, 6.45) is -2.90. The lowest BCUT2D eigenvalue weighted by Gasteiger charge is -2.09. The van der Waals surface area contributed by atoms with E-state index in [4.69, 9.17) is 23.2 Å². The van der Waals surface area contributed by atoms with Gasteiger partial charge in [0, 0.05) is 22.5 Å². The van der Waals surface area contributed by atoms with Gasteiger partial charge in [0.15, 0.2) is 5.13 Å². The van der Waals surface area contributed by atoms with Crippen LogP contribution in [0.15, 0.2) is 48.7 Å². The Hall–Kier alpha value is -2.62. The third-order valence-corrected chi connectivity index (χ3v) is 5.68. The Bertz CT molecular complexity index is 1120. The van der Waals surface area contributed by atoms with E-state index in [0.29, 0.717) is 10.4 Å². The molecule has 3 rings (SSSR count). The average molecular weight is 488 g/mol. The van der Waals surface area contributed by atoms with Gasteiger partial charge in [0.1, 0.15) is 0 Å². The Labute approximate surface area is 189 Å². The van der Waals surface area contributed by atoms with E-state index in [1.807, 2.05) is 0 Å². The molecule has 0 atom stereocenters. The largest absolute Gasteiger partial charge is 0.416 e. The van der Waals surface area contributed by atoms with Gasteiger partial charge in [-0.3, -0.25) is 9.59 Å². The summed E-state index contributed by atoms with van der Waals surface area (Å²) in [5.74, 6) is -1.02. The number of aromatic nitrogens is 1. The molecule has 5 nitrogen and oxygen atoms in total. The number of nitrogens with one attached hydrogen (secondary N) is 2. The van der Waals surface area contributed by atoms with Crippen molar-refractivity contribution in [3.63, 3.8) is 0 Å². The van der Waals surface area contributed by atoms with Crippen LogP contribution in [0.4, 0.5) is 18.3 Å². The van der Waals surface area contributed by atoms with Crippen LogP contribution in [0.5, 0.6) is 0 Å². The van der Waals surface area contributed by atoms with Crippen LogP contribution in [0.2, 0.25) is 10.0 Å². The second-order valence-electron chi connectivity index (χ2n) is 6.32. The Morgan fingerprint density at radius 3 is 2.52 bits per heavy atom. The van der Waals surface area contributed by atoms with E-state index >= 15 is 0 Å². The van der Waals surface area contributed by atoms with E-state index in [1.165, 1.54) is 18.3 Å². The summed E-state index contributed by atoms with van der Waals surface area (Å²) < 4.78 is 38.7. The van der Waals surface area contributed by atoms with Gasteiger partial charge < -0.3 is 10.6 Å². The maximum atomic E-state index is 12.9. The number of hydrogen-bond acceptors (Lipinski definition) is 4. The number of carbonyl (C=O) groups excluding carboxylic acids is 2. The van der Waals surface area contributed by atoms with E-state index in [2.05, 4.69) is 15.6 Å². The Kier molecular flexibility index (Phi) is 7.19. The quantitative estimate of drug-likeness (QED) is 0.487. The zero-order valence-electron chi connectivity index (χ0n) is 15.6. The minimum atomic E-state index is -4.47. The van der Waals surface area contributed by atoms with Gasteiger partial charge in [0.2, 0.25) is 5.91 Å². The highest BCUT2D eigenvalue weighted by atomic mass is 35.5. The molecule has 0 aliphatic rings. The predicted octanol–water partition coefficient (Wildman–Crippen LogP) is 5.43. The van der Waals surface area contributed by atoms with Gasteiger partial charge in [-0.05, 0) is 35.9 Å². The predicted molar refractivity (Wildman–Crippen MR) is 114 cm³/mol. The molecular formula is C20H14Cl2F3N3O2S. The van der Waals surface area contributed by atoms with Gasteiger partial charge in [0.05, 0.1) is 22.7 Å². The number of halogens is 5. The highest BCUT2D eigenvalue weighted by Gasteiger charge is 2.31. The van der Waals surface area contributed by atoms with Gasteiger partial charge >= 0.3 is 6.18 Å². The minimum Gasteiger partial charge on any atom is -0.343 e. The van der Waals surface area contributed by atoms with Crippen LogP contribution in [-0.4, -0.2) is 23.3 Å².